The molecule has 0 aliphatic carbocycles. The van der Waals surface area contributed by atoms with Crippen LogP contribution in [0.4, 0.5) is 5.69 Å². The van der Waals surface area contributed by atoms with E-state index in [-0.39, 0.29) is 16.7 Å². The van der Waals surface area contributed by atoms with Crippen LogP contribution in [0.5, 0.6) is 0 Å². The number of hydrogen-bond acceptors (Lipinski definition) is 4. The van der Waals surface area contributed by atoms with Gasteiger partial charge in [0.05, 0.1) is 21.4 Å². The van der Waals surface area contributed by atoms with Gasteiger partial charge in [-0.3, -0.25) is 4.79 Å². The van der Waals surface area contributed by atoms with E-state index < -0.39 is 5.97 Å². The Hall–Kier alpha value is -2.86. The van der Waals surface area contributed by atoms with Gasteiger partial charge in [-0.25, -0.2) is 9.78 Å². The Bertz CT molecular complexity index is 943. The number of para-hydroxylation sites is 1. The summed E-state index contributed by atoms with van der Waals surface area (Å²) in [6.07, 6.45) is 0. The fraction of sp³-hybridized carbons (Fsp3) is 0.105. The van der Waals surface area contributed by atoms with Crippen LogP contribution in [0, 0.1) is 0 Å². The lowest BCUT2D eigenvalue weighted by molar-refractivity contribution is -0.115. The third-order valence-corrected chi connectivity index (χ3v) is 4.65. The molecule has 1 aromatic heterocycles. The quantitative estimate of drug-likeness (QED) is 0.677. The van der Waals surface area contributed by atoms with Crippen molar-refractivity contribution in [2.75, 3.05) is 5.32 Å². The van der Waals surface area contributed by atoms with Crippen molar-refractivity contribution < 1.29 is 14.7 Å². The number of carbonyl (C=O) groups is 2. The molecule has 0 fully saturated rings. The van der Waals surface area contributed by atoms with E-state index in [9.17, 15) is 9.59 Å². The average molecular weight is 352 g/mol. The number of carbonyl (C=O) groups excluding carboxylic acids is 1. The Balaban J connectivity index is 1.69. The van der Waals surface area contributed by atoms with Gasteiger partial charge in [0, 0.05) is 11.1 Å². The normalized spacial score (nSPS) is 11.9. The number of thioether (sulfide) groups is 1. The summed E-state index contributed by atoms with van der Waals surface area (Å²) in [6.45, 7) is 1.79. The molecule has 2 aromatic carbocycles. The minimum absolute atomic E-state index is 0.134. The van der Waals surface area contributed by atoms with Crippen molar-refractivity contribution in [1.29, 1.82) is 0 Å². The molecule has 1 atom stereocenters. The SMILES string of the molecule is C[C@H](Sc1ccc2ccccc2n1)C(=O)Nc1cccc(C(=O)O)c1. The van der Waals surface area contributed by atoms with Gasteiger partial charge in [0.15, 0.2) is 0 Å². The Labute approximate surface area is 149 Å². The number of hydrogen-bond donors (Lipinski definition) is 2. The molecule has 0 radical (unpaired) electrons. The number of nitrogens with one attached hydrogen (secondary N) is 1. The van der Waals surface area contributed by atoms with Crippen molar-refractivity contribution in [3.8, 4) is 0 Å². The molecule has 0 bridgehead atoms. The molecule has 0 aliphatic heterocycles. The van der Waals surface area contributed by atoms with Gasteiger partial charge < -0.3 is 10.4 Å². The molecular weight excluding hydrogens is 336 g/mol. The molecule has 0 saturated carbocycles. The standard InChI is InChI=1S/C19H16N2O3S/c1-12(18(22)20-15-7-4-6-14(11-15)19(23)24)25-17-10-9-13-5-2-3-8-16(13)21-17/h2-12H,1H3,(H,20,22)(H,23,24)/t12-/m0/s1. The molecule has 1 heterocycles. The van der Waals surface area contributed by atoms with E-state index in [1.807, 2.05) is 36.4 Å². The smallest absolute Gasteiger partial charge is 0.335 e. The number of fused-ring (bicyclic) bond motifs is 1. The van der Waals surface area contributed by atoms with E-state index in [0.717, 1.165) is 15.9 Å². The Morgan fingerprint density at radius 1 is 1.08 bits per heavy atom. The summed E-state index contributed by atoms with van der Waals surface area (Å²) >= 11 is 1.36. The van der Waals surface area contributed by atoms with Crippen LogP contribution in [0.2, 0.25) is 0 Å². The average Bonchev–Trinajstić information content (AvgIpc) is 2.61. The van der Waals surface area contributed by atoms with Crippen molar-refractivity contribution in [3.63, 3.8) is 0 Å². The summed E-state index contributed by atoms with van der Waals surface area (Å²) in [5, 5.41) is 13.2. The number of nitrogens with zero attached hydrogens (tertiary/aromatic N) is 1. The van der Waals surface area contributed by atoms with Gasteiger partial charge >= 0.3 is 5.97 Å². The maximum atomic E-state index is 12.4. The highest BCUT2D eigenvalue weighted by atomic mass is 32.2. The molecule has 3 rings (SSSR count). The Morgan fingerprint density at radius 2 is 1.88 bits per heavy atom. The second kappa shape index (κ2) is 7.36. The summed E-state index contributed by atoms with van der Waals surface area (Å²) in [6, 6.07) is 17.9. The largest absolute Gasteiger partial charge is 0.478 e. The van der Waals surface area contributed by atoms with E-state index >= 15 is 0 Å². The summed E-state index contributed by atoms with van der Waals surface area (Å²) < 4.78 is 0. The van der Waals surface area contributed by atoms with Gasteiger partial charge in [-0.05, 0) is 37.3 Å². The number of aromatic carboxylic acids is 1. The summed E-state index contributed by atoms with van der Waals surface area (Å²) in [5.74, 6) is -1.23. The highest BCUT2D eigenvalue weighted by Crippen LogP contribution is 2.25. The number of rotatable bonds is 5. The van der Waals surface area contributed by atoms with Crippen LogP contribution in [-0.2, 0) is 4.79 Å². The third kappa shape index (κ3) is 4.16. The monoisotopic (exact) mass is 352 g/mol. The van der Waals surface area contributed by atoms with Crippen LogP contribution in [0.3, 0.4) is 0 Å². The first-order valence-electron chi connectivity index (χ1n) is 7.69. The number of amides is 1. The molecule has 25 heavy (non-hydrogen) atoms. The molecule has 5 nitrogen and oxygen atoms in total. The fourth-order valence-electron chi connectivity index (χ4n) is 2.32. The van der Waals surface area contributed by atoms with Crippen LogP contribution in [0.25, 0.3) is 10.9 Å². The van der Waals surface area contributed by atoms with Crippen LogP contribution < -0.4 is 5.32 Å². The topological polar surface area (TPSA) is 79.3 Å². The van der Waals surface area contributed by atoms with E-state index in [1.54, 1.807) is 19.1 Å². The van der Waals surface area contributed by atoms with Gasteiger partial charge in [-0.1, -0.05) is 42.1 Å². The van der Waals surface area contributed by atoms with Gasteiger partial charge in [0.2, 0.25) is 5.91 Å². The van der Waals surface area contributed by atoms with Crippen LogP contribution in [-0.4, -0.2) is 27.2 Å². The lowest BCUT2D eigenvalue weighted by Gasteiger charge is -2.12. The fourth-order valence-corrected chi connectivity index (χ4v) is 3.15. The number of carboxylic acid groups (broad SMARTS) is 1. The van der Waals surface area contributed by atoms with Gasteiger partial charge in [-0.2, -0.15) is 0 Å². The first kappa shape index (κ1) is 17.0. The highest BCUT2D eigenvalue weighted by Gasteiger charge is 2.16. The first-order valence-corrected chi connectivity index (χ1v) is 8.57. The van der Waals surface area contributed by atoms with E-state index in [0.29, 0.717) is 5.69 Å². The Kier molecular flexibility index (Phi) is 5.00. The van der Waals surface area contributed by atoms with E-state index in [1.165, 1.54) is 23.9 Å². The van der Waals surface area contributed by atoms with Crippen molar-refractivity contribution in [3.05, 3.63) is 66.2 Å². The molecule has 126 valence electrons. The van der Waals surface area contributed by atoms with Gasteiger partial charge in [-0.15, -0.1) is 0 Å². The van der Waals surface area contributed by atoms with Crippen LogP contribution in [0.1, 0.15) is 17.3 Å². The van der Waals surface area contributed by atoms with Gasteiger partial charge in [0.1, 0.15) is 0 Å². The zero-order valence-electron chi connectivity index (χ0n) is 13.5. The highest BCUT2D eigenvalue weighted by molar-refractivity contribution is 8.00. The van der Waals surface area contributed by atoms with Crippen molar-refractivity contribution in [2.45, 2.75) is 17.2 Å². The first-order chi connectivity index (χ1) is 12.0. The zero-order valence-corrected chi connectivity index (χ0v) is 14.3. The molecular formula is C19H16N2O3S. The summed E-state index contributed by atoms with van der Waals surface area (Å²) in [7, 11) is 0. The lowest BCUT2D eigenvalue weighted by Crippen LogP contribution is -2.22. The lowest BCUT2D eigenvalue weighted by atomic mass is 10.2. The van der Waals surface area contributed by atoms with Crippen LogP contribution in [0.15, 0.2) is 65.7 Å². The predicted octanol–water partition coefficient (Wildman–Crippen LogP) is 4.05. The molecule has 1 amide bonds. The molecule has 0 saturated heterocycles. The Morgan fingerprint density at radius 3 is 2.68 bits per heavy atom. The molecule has 0 spiro atoms. The van der Waals surface area contributed by atoms with Crippen molar-refractivity contribution in [2.24, 2.45) is 0 Å². The van der Waals surface area contributed by atoms with Gasteiger partial charge in [0.25, 0.3) is 0 Å². The predicted molar refractivity (Wildman–Crippen MR) is 99.1 cm³/mol. The molecule has 0 unspecified atom stereocenters. The minimum atomic E-state index is -1.03. The molecule has 0 aliphatic rings. The number of carboxylic acids is 1. The third-order valence-electron chi connectivity index (χ3n) is 3.62. The number of benzene rings is 2. The molecule has 2 N–H and O–H groups in total. The number of aromatic nitrogens is 1. The maximum Gasteiger partial charge on any atom is 0.335 e. The summed E-state index contributed by atoms with van der Waals surface area (Å²) in [5.41, 5.74) is 1.48. The second-order valence-electron chi connectivity index (χ2n) is 5.48. The zero-order chi connectivity index (χ0) is 17.8. The minimum Gasteiger partial charge on any atom is -0.478 e. The van der Waals surface area contributed by atoms with Crippen LogP contribution >= 0.6 is 11.8 Å². The molecule has 3 aromatic rings. The second-order valence-corrected chi connectivity index (χ2v) is 6.84. The number of anilines is 1. The number of pyridine rings is 1. The maximum absolute atomic E-state index is 12.4. The molecule has 6 heteroatoms. The van der Waals surface area contributed by atoms with E-state index in [2.05, 4.69) is 10.3 Å². The van der Waals surface area contributed by atoms with E-state index in [4.69, 9.17) is 5.11 Å². The van der Waals surface area contributed by atoms with Crippen molar-refractivity contribution >= 4 is 40.2 Å². The van der Waals surface area contributed by atoms with Crippen molar-refractivity contribution in [1.82, 2.24) is 4.98 Å². The summed E-state index contributed by atoms with van der Waals surface area (Å²) in [4.78, 5) is 27.9.